The zero-order valence-corrected chi connectivity index (χ0v) is 15.8. The smallest absolute Gasteiger partial charge is 0.227 e. The predicted octanol–water partition coefficient (Wildman–Crippen LogP) is 0.674. The maximum Gasteiger partial charge on any atom is 0.227 e. The van der Waals surface area contributed by atoms with Crippen molar-refractivity contribution in [1.82, 2.24) is 10.2 Å². The molecule has 3 aliphatic rings. The van der Waals surface area contributed by atoms with Gasteiger partial charge in [-0.1, -0.05) is 0 Å². The van der Waals surface area contributed by atoms with E-state index in [9.17, 15) is 14.7 Å². The van der Waals surface area contributed by atoms with Crippen molar-refractivity contribution in [2.75, 3.05) is 19.6 Å². The van der Waals surface area contributed by atoms with Gasteiger partial charge < -0.3 is 21.1 Å². The molecule has 3 fully saturated rings. The number of carbonyl (C=O) groups excluding carboxylic acids is 2. The molecule has 142 valence electrons. The normalized spacial score (nSPS) is 38.5. The van der Waals surface area contributed by atoms with Crippen LogP contribution in [-0.2, 0) is 9.59 Å². The summed E-state index contributed by atoms with van der Waals surface area (Å²) in [6, 6.07) is -0.132. The second-order valence-electron chi connectivity index (χ2n) is 7.68. The van der Waals surface area contributed by atoms with Crippen LogP contribution in [0.3, 0.4) is 0 Å². The lowest BCUT2D eigenvalue weighted by molar-refractivity contribution is -0.137. The van der Waals surface area contributed by atoms with Gasteiger partial charge in [0, 0.05) is 38.0 Å². The number of hydrogen-bond acceptors (Lipinski definition) is 4. The second-order valence-corrected chi connectivity index (χ2v) is 8.80. The van der Waals surface area contributed by atoms with Crippen molar-refractivity contribution < 1.29 is 14.7 Å². The number of aliphatic hydroxyl groups is 1. The van der Waals surface area contributed by atoms with E-state index in [0.717, 1.165) is 12.8 Å². The second kappa shape index (κ2) is 7.99. The molecule has 0 radical (unpaired) electrons. The quantitative estimate of drug-likeness (QED) is 0.616. The third kappa shape index (κ3) is 4.24. The van der Waals surface area contributed by atoms with E-state index in [4.69, 9.17) is 28.9 Å². The molecule has 0 bridgehead atoms. The van der Waals surface area contributed by atoms with Crippen molar-refractivity contribution in [1.29, 1.82) is 0 Å². The Morgan fingerprint density at radius 1 is 1.24 bits per heavy atom. The van der Waals surface area contributed by atoms with Crippen LogP contribution >= 0.6 is 23.2 Å². The van der Waals surface area contributed by atoms with Gasteiger partial charge in [-0.15, -0.1) is 23.2 Å². The largest absolute Gasteiger partial charge is 0.393 e. The summed E-state index contributed by atoms with van der Waals surface area (Å²) in [5.74, 6) is 0.0170. The summed E-state index contributed by atoms with van der Waals surface area (Å²) in [7, 11) is 0. The first-order valence-electron chi connectivity index (χ1n) is 9.14. The Balaban J connectivity index is 1.51. The first-order valence-corrected chi connectivity index (χ1v) is 10.0. The van der Waals surface area contributed by atoms with E-state index in [1.165, 1.54) is 0 Å². The Morgan fingerprint density at radius 2 is 1.88 bits per heavy atom. The highest BCUT2D eigenvalue weighted by molar-refractivity contribution is 6.30. The number of carbonyl (C=O) groups is 2. The molecule has 2 aliphatic heterocycles. The topological polar surface area (TPSA) is 95.7 Å². The Morgan fingerprint density at radius 3 is 2.48 bits per heavy atom. The van der Waals surface area contributed by atoms with Crippen LogP contribution in [0.2, 0.25) is 0 Å². The van der Waals surface area contributed by atoms with Gasteiger partial charge in [0.15, 0.2) is 0 Å². The van der Waals surface area contributed by atoms with Crippen LogP contribution in [0, 0.1) is 17.8 Å². The van der Waals surface area contributed by atoms with Crippen LogP contribution < -0.4 is 11.1 Å². The van der Waals surface area contributed by atoms with Crippen LogP contribution in [-0.4, -0.2) is 64.4 Å². The Hall–Kier alpha value is -0.560. The van der Waals surface area contributed by atoms with Crippen LogP contribution in [0.25, 0.3) is 0 Å². The van der Waals surface area contributed by atoms with Crippen LogP contribution in [0.15, 0.2) is 0 Å². The first kappa shape index (κ1) is 19.2. The van der Waals surface area contributed by atoms with Gasteiger partial charge >= 0.3 is 0 Å². The van der Waals surface area contributed by atoms with Gasteiger partial charge in [-0.2, -0.15) is 0 Å². The number of amides is 2. The number of aliphatic hydroxyl groups excluding tert-OH is 1. The van der Waals surface area contributed by atoms with E-state index in [2.05, 4.69) is 5.32 Å². The van der Waals surface area contributed by atoms with Crippen molar-refractivity contribution >= 4 is 35.0 Å². The Labute approximate surface area is 158 Å². The lowest BCUT2D eigenvalue weighted by atomic mass is 9.74. The summed E-state index contributed by atoms with van der Waals surface area (Å²) >= 11 is 12.4. The number of nitrogens with two attached hydrogens (primary N) is 1. The molecule has 2 amide bonds. The monoisotopic (exact) mass is 391 g/mol. The number of piperidine rings is 1. The highest BCUT2D eigenvalue weighted by atomic mass is 35.5. The van der Waals surface area contributed by atoms with E-state index in [1.54, 1.807) is 0 Å². The highest BCUT2D eigenvalue weighted by Crippen LogP contribution is 2.37. The van der Waals surface area contributed by atoms with E-state index in [1.807, 2.05) is 4.90 Å². The molecule has 0 aromatic heterocycles. The van der Waals surface area contributed by atoms with E-state index < -0.39 is 6.10 Å². The van der Waals surface area contributed by atoms with Gasteiger partial charge in [-0.3, -0.25) is 9.59 Å². The maximum atomic E-state index is 12.5. The fourth-order valence-electron chi connectivity index (χ4n) is 4.42. The minimum Gasteiger partial charge on any atom is -0.393 e. The van der Waals surface area contributed by atoms with E-state index in [0.29, 0.717) is 38.9 Å². The molecule has 0 aromatic rings. The zero-order valence-electron chi connectivity index (χ0n) is 14.2. The molecule has 6 atom stereocenters. The summed E-state index contributed by atoms with van der Waals surface area (Å²) in [6.45, 7) is 1.77. The van der Waals surface area contributed by atoms with Gasteiger partial charge in [0.05, 0.1) is 22.8 Å². The minimum absolute atomic E-state index is 0.0404. The highest BCUT2D eigenvalue weighted by Gasteiger charge is 2.41. The van der Waals surface area contributed by atoms with Crippen molar-refractivity contribution in [3.05, 3.63) is 0 Å². The third-order valence-corrected chi connectivity index (χ3v) is 7.16. The molecule has 2 heterocycles. The molecule has 0 aromatic carbocycles. The Bertz CT molecular complexity index is 513. The Kier molecular flexibility index (Phi) is 6.14. The number of alkyl halides is 2. The lowest BCUT2D eigenvalue weighted by Gasteiger charge is -2.42. The van der Waals surface area contributed by atoms with Crippen LogP contribution in [0.4, 0.5) is 0 Å². The number of likely N-dealkylation sites (tertiary alicyclic amines) is 1. The van der Waals surface area contributed by atoms with E-state index >= 15 is 0 Å². The van der Waals surface area contributed by atoms with E-state index in [-0.39, 0.29) is 46.4 Å². The van der Waals surface area contributed by atoms with Gasteiger partial charge in [-0.25, -0.2) is 0 Å². The van der Waals surface area contributed by atoms with Gasteiger partial charge in [0.1, 0.15) is 0 Å². The first-order chi connectivity index (χ1) is 11.9. The number of halogens is 2. The number of hydrogen-bond donors (Lipinski definition) is 3. The number of rotatable bonds is 3. The summed E-state index contributed by atoms with van der Waals surface area (Å²) < 4.78 is 0. The zero-order chi connectivity index (χ0) is 18.1. The summed E-state index contributed by atoms with van der Waals surface area (Å²) in [5.41, 5.74) is 6.46. The summed E-state index contributed by atoms with van der Waals surface area (Å²) in [5, 5.41) is 12.7. The molecular formula is C17H27Cl2N3O3. The molecule has 6 nitrogen and oxygen atoms in total. The lowest BCUT2D eigenvalue weighted by Crippen LogP contribution is -2.52. The number of nitrogens with zero attached hydrogens (tertiary/aromatic N) is 1. The molecule has 8 heteroatoms. The fraction of sp³-hybridized carbons (Fsp3) is 0.882. The number of nitrogens with one attached hydrogen (secondary N) is 1. The molecule has 25 heavy (non-hydrogen) atoms. The average molecular weight is 392 g/mol. The molecule has 2 saturated heterocycles. The van der Waals surface area contributed by atoms with Crippen LogP contribution in [0.1, 0.15) is 32.1 Å². The van der Waals surface area contributed by atoms with Gasteiger partial charge in [-0.05, 0) is 31.6 Å². The molecule has 3 rings (SSSR count). The van der Waals surface area contributed by atoms with Crippen LogP contribution in [0.5, 0.6) is 0 Å². The maximum absolute atomic E-state index is 12.5. The molecule has 1 aliphatic carbocycles. The minimum atomic E-state index is -0.511. The standard InChI is InChI=1S/C17H27Cl2N3O3/c18-12-6-11(14(23)7-13(12)19)16(20)9-1-3-22(4-2-9)17(25)10-5-15(24)21-8-10/h9-14,16,23H,1-8,20H2,(H,21,24)/t10?,11?,12?,13?,14?,16-/m1/s1. The SMILES string of the molecule is N[C@H](C1CCN(C(=O)C2CNC(=O)C2)CC1)C1CC(Cl)C(Cl)CC1O. The van der Waals surface area contributed by atoms with Crippen molar-refractivity contribution in [3.63, 3.8) is 0 Å². The predicted molar refractivity (Wildman–Crippen MR) is 96.4 cm³/mol. The van der Waals surface area contributed by atoms with Crippen molar-refractivity contribution in [2.45, 2.75) is 55.0 Å². The molecule has 0 spiro atoms. The van der Waals surface area contributed by atoms with Crippen molar-refractivity contribution in [2.24, 2.45) is 23.5 Å². The molecular weight excluding hydrogens is 365 g/mol. The third-order valence-electron chi connectivity index (χ3n) is 6.07. The summed E-state index contributed by atoms with van der Waals surface area (Å²) in [4.78, 5) is 25.6. The van der Waals surface area contributed by atoms with Gasteiger partial charge in [0.2, 0.25) is 11.8 Å². The summed E-state index contributed by atoms with van der Waals surface area (Å²) in [6.07, 6.45) is 2.54. The molecule has 5 unspecified atom stereocenters. The van der Waals surface area contributed by atoms with Gasteiger partial charge in [0.25, 0.3) is 0 Å². The molecule has 4 N–H and O–H groups in total. The van der Waals surface area contributed by atoms with Crippen molar-refractivity contribution in [3.8, 4) is 0 Å². The average Bonchev–Trinajstić information content (AvgIpc) is 3.03. The fourth-order valence-corrected chi connectivity index (χ4v) is 5.02. The molecule has 1 saturated carbocycles.